The molecule has 122 valence electrons. The van der Waals surface area contributed by atoms with Crippen LogP contribution in [0, 0.1) is 0 Å². The van der Waals surface area contributed by atoms with Crippen LogP contribution in [0.15, 0.2) is 35.7 Å². The van der Waals surface area contributed by atoms with E-state index in [-0.39, 0.29) is 11.0 Å². The summed E-state index contributed by atoms with van der Waals surface area (Å²) < 4.78 is 5.51. The van der Waals surface area contributed by atoms with E-state index in [9.17, 15) is 9.59 Å². The monoisotopic (exact) mass is 377 g/mol. The molecule has 1 aromatic carbocycles. The van der Waals surface area contributed by atoms with Gasteiger partial charge in [-0.15, -0.1) is 11.3 Å². The number of thiophene rings is 1. The van der Waals surface area contributed by atoms with Gasteiger partial charge in [0, 0.05) is 0 Å². The summed E-state index contributed by atoms with van der Waals surface area (Å²) in [5.74, 6) is -0.671. The van der Waals surface area contributed by atoms with Crippen molar-refractivity contribution in [2.24, 2.45) is 0 Å². The van der Waals surface area contributed by atoms with Gasteiger partial charge in [-0.05, 0) is 41.9 Å². The average molecular weight is 377 g/mol. The highest BCUT2D eigenvalue weighted by Crippen LogP contribution is 2.27. The topological polar surface area (TPSA) is 80.3 Å². The number of hydrogen-bond donors (Lipinski definition) is 2. The lowest BCUT2D eigenvalue weighted by Crippen LogP contribution is -2.33. The zero-order valence-electron chi connectivity index (χ0n) is 12.4. The van der Waals surface area contributed by atoms with Gasteiger partial charge < -0.3 is 10.1 Å². The molecule has 0 spiro atoms. The summed E-state index contributed by atoms with van der Waals surface area (Å²) in [6.07, 6.45) is 0. The predicted octanol–water partition coefficient (Wildman–Crippen LogP) is 3.27. The third-order valence-electron chi connectivity index (χ3n) is 3.00. The number of ether oxygens (including phenoxy) is 1. The standard InChI is InChI=1S/C15H11N3O3S3/c1-21-13(20)8-4-5-9-11(7-8)24-15(16-9)18-14(22)17-12(19)10-3-2-6-23-10/h2-7H,1H3,(H2,16,17,18,19,22). The van der Waals surface area contributed by atoms with Crippen LogP contribution in [0.5, 0.6) is 0 Å². The van der Waals surface area contributed by atoms with E-state index >= 15 is 0 Å². The number of amides is 1. The van der Waals surface area contributed by atoms with Crippen molar-refractivity contribution >= 4 is 67.2 Å². The van der Waals surface area contributed by atoms with Gasteiger partial charge in [0.05, 0.1) is 27.8 Å². The number of aromatic nitrogens is 1. The molecule has 0 aliphatic heterocycles. The molecule has 0 unspecified atom stereocenters. The number of carbonyl (C=O) groups is 2. The second kappa shape index (κ2) is 7.04. The summed E-state index contributed by atoms with van der Waals surface area (Å²) in [6.45, 7) is 0. The highest BCUT2D eigenvalue weighted by Gasteiger charge is 2.12. The van der Waals surface area contributed by atoms with Gasteiger partial charge in [0.25, 0.3) is 5.91 Å². The van der Waals surface area contributed by atoms with Crippen molar-refractivity contribution in [1.29, 1.82) is 0 Å². The fourth-order valence-corrected chi connectivity index (χ4v) is 3.71. The molecule has 2 aromatic heterocycles. The highest BCUT2D eigenvalue weighted by molar-refractivity contribution is 7.80. The first-order chi connectivity index (χ1) is 11.6. The molecule has 9 heteroatoms. The van der Waals surface area contributed by atoms with E-state index in [4.69, 9.17) is 17.0 Å². The number of rotatable bonds is 3. The van der Waals surface area contributed by atoms with Gasteiger partial charge in [-0.3, -0.25) is 10.1 Å². The molecular formula is C15H11N3O3S3. The summed E-state index contributed by atoms with van der Waals surface area (Å²) in [5.41, 5.74) is 1.18. The Morgan fingerprint density at radius 3 is 2.83 bits per heavy atom. The minimum atomic E-state index is -0.404. The normalized spacial score (nSPS) is 10.4. The van der Waals surface area contributed by atoms with E-state index in [0.29, 0.717) is 15.6 Å². The molecule has 0 bridgehead atoms. The Bertz CT molecular complexity index is 919. The van der Waals surface area contributed by atoms with Gasteiger partial charge in [-0.2, -0.15) is 0 Å². The Kier molecular flexibility index (Phi) is 4.84. The number of benzene rings is 1. The van der Waals surface area contributed by atoms with Crippen LogP contribution in [-0.4, -0.2) is 29.1 Å². The highest BCUT2D eigenvalue weighted by atomic mass is 32.1. The molecule has 3 aromatic rings. The van der Waals surface area contributed by atoms with E-state index in [0.717, 1.165) is 10.2 Å². The molecule has 3 rings (SSSR count). The van der Waals surface area contributed by atoms with Crippen molar-refractivity contribution in [3.8, 4) is 0 Å². The Balaban J connectivity index is 1.72. The molecule has 2 heterocycles. The second-order valence-electron chi connectivity index (χ2n) is 4.58. The van der Waals surface area contributed by atoms with Gasteiger partial charge in [-0.1, -0.05) is 17.4 Å². The van der Waals surface area contributed by atoms with E-state index in [1.165, 1.54) is 29.8 Å². The lowest BCUT2D eigenvalue weighted by Gasteiger charge is -2.05. The first-order valence-electron chi connectivity index (χ1n) is 6.71. The van der Waals surface area contributed by atoms with Gasteiger partial charge in [0.2, 0.25) is 0 Å². The molecule has 24 heavy (non-hydrogen) atoms. The number of nitrogens with one attached hydrogen (secondary N) is 2. The van der Waals surface area contributed by atoms with Crippen LogP contribution < -0.4 is 10.6 Å². The minimum Gasteiger partial charge on any atom is -0.465 e. The van der Waals surface area contributed by atoms with E-state index < -0.39 is 5.97 Å². The summed E-state index contributed by atoms with van der Waals surface area (Å²) in [7, 11) is 1.33. The largest absolute Gasteiger partial charge is 0.465 e. The lowest BCUT2D eigenvalue weighted by molar-refractivity contribution is 0.0601. The Hall–Kier alpha value is -2.36. The molecule has 0 aliphatic rings. The zero-order valence-corrected chi connectivity index (χ0v) is 14.8. The molecule has 0 fully saturated rings. The fraction of sp³-hybridized carbons (Fsp3) is 0.0667. The fourth-order valence-electron chi connectivity index (χ4n) is 1.92. The number of thiocarbonyl (C=S) groups is 1. The molecule has 6 nitrogen and oxygen atoms in total. The SMILES string of the molecule is COC(=O)c1ccc2nc(NC(=S)NC(=O)c3cccs3)sc2c1. The molecule has 0 radical (unpaired) electrons. The number of thiazole rings is 1. The van der Waals surface area contributed by atoms with Crippen LogP contribution in [-0.2, 0) is 4.74 Å². The third-order valence-corrected chi connectivity index (χ3v) is 5.01. The average Bonchev–Trinajstić information content (AvgIpc) is 3.22. The van der Waals surface area contributed by atoms with Gasteiger partial charge >= 0.3 is 5.97 Å². The number of methoxy groups -OCH3 is 1. The van der Waals surface area contributed by atoms with E-state index in [1.807, 2.05) is 5.38 Å². The van der Waals surface area contributed by atoms with Crippen molar-refractivity contribution < 1.29 is 14.3 Å². The quantitative estimate of drug-likeness (QED) is 0.539. The van der Waals surface area contributed by atoms with E-state index in [2.05, 4.69) is 15.6 Å². The lowest BCUT2D eigenvalue weighted by atomic mass is 10.2. The van der Waals surface area contributed by atoms with Crippen LogP contribution in [0.1, 0.15) is 20.0 Å². The van der Waals surface area contributed by atoms with Gasteiger partial charge in [-0.25, -0.2) is 9.78 Å². The van der Waals surface area contributed by atoms with Gasteiger partial charge in [0.15, 0.2) is 10.2 Å². The Labute approximate surface area is 150 Å². The number of hydrogen-bond acceptors (Lipinski definition) is 7. The van der Waals surface area contributed by atoms with Crippen LogP contribution in [0.2, 0.25) is 0 Å². The maximum Gasteiger partial charge on any atom is 0.337 e. The molecular weight excluding hydrogens is 366 g/mol. The van der Waals surface area contributed by atoms with Crippen LogP contribution in [0.4, 0.5) is 5.13 Å². The molecule has 1 amide bonds. The van der Waals surface area contributed by atoms with Crippen molar-refractivity contribution in [2.75, 3.05) is 12.4 Å². The summed E-state index contributed by atoms with van der Waals surface area (Å²) in [4.78, 5) is 28.4. The number of esters is 1. The van der Waals surface area contributed by atoms with Crippen LogP contribution >= 0.6 is 34.9 Å². The predicted molar refractivity (Wildman–Crippen MR) is 99.0 cm³/mol. The molecule has 2 N–H and O–H groups in total. The number of anilines is 1. The van der Waals surface area contributed by atoms with Crippen molar-refractivity contribution in [3.63, 3.8) is 0 Å². The minimum absolute atomic E-state index is 0.167. The van der Waals surface area contributed by atoms with Crippen LogP contribution in [0.25, 0.3) is 10.2 Å². The third kappa shape index (κ3) is 3.58. The number of nitrogens with zero attached hydrogens (tertiary/aromatic N) is 1. The maximum atomic E-state index is 11.9. The summed E-state index contributed by atoms with van der Waals surface area (Å²) >= 11 is 7.79. The first kappa shape index (κ1) is 16.5. The second-order valence-corrected chi connectivity index (χ2v) is 6.97. The molecule has 0 saturated heterocycles. The van der Waals surface area contributed by atoms with E-state index in [1.54, 1.807) is 30.3 Å². The summed E-state index contributed by atoms with van der Waals surface area (Å²) in [6, 6.07) is 8.60. The Morgan fingerprint density at radius 1 is 1.29 bits per heavy atom. The van der Waals surface area contributed by atoms with Crippen molar-refractivity contribution in [3.05, 3.63) is 46.2 Å². The number of carbonyl (C=O) groups excluding carboxylic acids is 2. The van der Waals surface area contributed by atoms with Crippen molar-refractivity contribution in [1.82, 2.24) is 10.3 Å². The molecule has 0 atom stereocenters. The zero-order chi connectivity index (χ0) is 17.1. The number of fused-ring (bicyclic) bond motifs is 1. The summed E-state index contributed by atoms with van der Waals surface area (Å²) in [5, 5.41) is 8.00. The first-order valence-corrected chi connectivity index (χ1v) is 8.82. The molecule has 0 saturated carbocycles. The molecule has 0 aliphatic carbocycles. The van der Waals surface area contributed by atoms with Gasteiger partial charge in [0.1, 0.15) is 0 Å². The van der Waals surface area contributed by atoms with Crippen LogP contribution in [0.3, 0.4) is 0 Å². The van der Waals surface area contributed by atoms with Crippen molar-refractivity contribution in [2.45, 2.75) is 0 Å². The Morgan fingerprint density at radius 2 is 2.12 bits per heavy atom. The maximum absolute atomic E-state index is 11.9. The smallest absolute Gasteiger partial charge is 0.337 e.